The second-order valence-corrected chi connectivity index (χ2v) is 10.2. The van der Waals surface area contributed by atoms with E-state index in [9.17, 15) is 18.6 Å². The number of aliphatic hydroxyl groups is 1. The van der Waals surface area contributed by atoms with Gasteiger partial charge in [0.25, 0.3) is 0 Å². The number of methoxy groups -OCH3 is 1. The summed E-state index contributed by atoms with van der Waals surface area (Å²) < 4.78 is 32.1. The number of aliphatic hydroxyl groups excluding tert-OH is 1. The number of phenolic OH excluding ortho intramolecular Hbond substituents is 1. The first kappa shape index (κ1) is 24.5. The minimum absolute atomic E-state index is 0.0157. The van der Waals surface area contributed by atoms with Crippen LogP contribution >= 0.6 is 0 Å². The highest BCUT2D eigenvalue weighted by molar-refractivity contribution is 7.92. The molecule has 0 saturated carbocycles. The van der Waals surface area contributed by atoms with Gasteiger partial charge in [-0.15, -0.1) is 0 Å². The van der Waals surface area contributed by atoms with Gasteiger partial charge >= 0.3 is 0 Å². The van der Waals surface area contributed by atoms with Gasteiger partial charge in [-0.25, -0.2) is 13.4 Å². The van der Waals surface area contributed by atoms with E-state index in [1.165, 1.54) is 12.1 Å². The molecule has 11 heteroatoms. The van der Waals surface area contributed by atoms with E-state index in [1.807, 2.05) is 38.1 Å². The summed E-state index contributed by atoms with van der Waals surface area (Å²) in [6.45, 7) is 4.65. The van der Waals surface area contributed by atoms with Crippen molar-refractivity contribution in [1.82, 2.24) is 20.1 Å². The molecule has 0 saturated heterocycles. The Morgan fingerprint density at radius 2 is 1.88 bits per heavy atom. The number of sulfonamides is 1. The van der Waals surface area contributed by atoms with Gasteiger partial charge in [-0.2, -0.15) is 5.10 Å². The molecule has 0 aliphatic heterocycles. The lowest BCUT2D eigenvalue weighted by atomic mass is 10.0. The molecular formula is C22H29N5O5S. The van der Waals surface area contributed by atoms with Crippen LogP contribution in [0.15, 0.2) is 48.8 Å². The molecule has 2 aromatic carbocycles. The zero-order valence-corrected chi connectivity index (χ0v) is 19.8. The highest BCUT2D eigenvalue weighted by Crippen LogP contribution is 2.28. The van der Waals surface area contributed by atoms with Crippen LogP contribution in [0.5, 0.6) is 11.5 Å². The molecule has 4 N–H and O–H groups in total. The molecule has 1 aromatic heterocycles. The molecule has 1 unspecified atom stereocenters. The smallest absolute Gasteiger partial charge is 0.229 e. The van der Waals surface area contributed by atoms with E-state index in [4.69, 9.17) is 4.74 Å². The number of aromatic hydroxyl groups is 1. The van der Waals surface area contributed by atoms with Gasteiger partial charge in [-0.3, -0.25) is 9.40 Å². The van der Waals surface area contributed by atoms with Gasteiger partial charge in [0.15, 0.2) is 5.82 Å². The van der Waals surface area contributed by atoms with Gasteiger partial charge in [0.05, 0.1) is 31.7 Å². The number of nitrogens with zero attached hydrogens (tertiary/aromatic N) is 3. The Bertz CT molecular complexity index is 1190. The van der Waals surface area contributed by atoms with E-state index < -0.39 is 21.7 Å². The minimum atomic E-state index is -3.56. The summed E-state index contributed by atoms with van der Waals surface area (Å²) in [5.41, 5.74) is 0.921. The topological polar surface area (TPSA) is 139 Å². The lowest BCUT2D eigenvalue weighted by molar-refractivity contribution is 0.156. The van der Waals surface area contributed by atoms with Gasteiger partial charge < -0.3 is 20.3 Å². The summed E-state index contributed by atoms with van der Waals surface area (Å²) in [7, 11) is -1.95. The van der Waals surface area contributed by atoms with Crippen LogP contribution in [0.3, 0.4) is 0 Å². The maximum atomic E-state index is 11.5. The summed E-state index contributed by atoms with van der Waals surface area (Å²) >= 11 is 0. The lowest BCUT2D eigenvalue weighted by Crippen LogP contribution is -2.45. The van der Waals surface area contributed by atoms with Crippen molar-refractivity contribution in [2.24, 2.45) is 0 Å². The fourth-order valence-corrected chi connectivity index (χ4v) is 3.80. The molecule has 0 bridgehead atoms. The number of phenols is 1. The fourth-order valence-electron chi connectivity index (χ4n) is 3.24. The predicted molar refractivity (Wildman–Crippen MR) is 126 cm³/mol. The Morgan fingerprint density at radius 1 is 1.18 bits per heavy atom. The van der Waals surface area contributed by atoms with Crippen molar-refractivity contribution in [3.05, 3.63) is 54.4 Å². The first-order valence-electron chi connectivity index (χ1n) is 10.2. The largest absolute Gasteiger partial charge is 0.506 e. The van der Waals surface area contributed by atoms with Gasteiger partial charge in [0, 0.05) is 17.6 Å². The number of anilines is 1. The van der Waals surface area contributed by atoms with Crippen molar-refractivity contribution in [3.8, 4) is 22.9 Å². The average Bonchev–Trinajstić information content (AvgIpc) is 3.20. The summed E-state index contributed by atoms with van der Waals surface area (Å²) in [6, 6.07) is 11.8. The van der Waals surface area contributed by atoms with Crippen LogP contribution in [0.4, 0.5) is 5.69 Å². The highest BCUT2D eigenvalue weighted by atomic mass is 32.2. The van der Waals surface area contributed by atoms with E-state index in [0.29, 0.717) is 17.9 Å². The van der Waals surface area contributed by atoms with Gasteiger partial charge in [0.2, 0.25) is 10.0 Å². The van der Waals surface area contributed by atoms with Gasteiger partial charge in [-0.1, -0.05) is 6.07 Å². The van der Waals surface area contributed by atoms with Gasteiger partial charge in [0.1, 0.15) is 17.8 Å². The van der Waals surface area contributed by atoms with E-state index >= 15 is 0 Å². The second-order valence-electron chi connectivity index (χ2n) is 8.43. The van der Waals surface area contributed by atoms with Crippen molar-refractivity contribution >= 4 is 15.7 Å². The SMILES string of the molecule is COc1ccc(-c2ncn(CC(C)(C)NCC(O)c3ccc(O)c(NS(C)(=O)=O)c3)n2)cc1. The van der Waals surface area contributed by atoms with Crippen LogP contribution in [0.2, 0.25) is 0 Å². The van der Waals surface area contributed by atoms with E-state index in [2.05, 4.69) is 20.1 Å². The molecule has 1 atom stereocenters. The lowest BCUT2D eigenvalue weighted by Gasteiger charge is -2.27. The van der Waals surface area contributed by atoms with Crippen LogP contribution in [0.1, 0.15) is 25.5 Å². The third kappa shape index (κ3) is 6.91. The molecule has 0 radical (unpaired) electrons. The average molecular weight is 476 g/mol. The first-order chi connectivity index (χ1) is 15.5. The Hall–Kier alpha value is -3.15. The molecule has 33 heavy (non-hydrogen) atoms. The van der Waals surface area contributed by atoms with Crippen molar-refractivity contribution in [1.29, 1.82) is 0 Å². The number of ether oxygens (including phenoxy) is 1. The van der Waals surface area contributed by atoms with E-state index in [0.717, 1.165) is 17.6 Å². The standard InChI is InChI=1S/C22H29N5O5S/c1-22(2,13-27-14-23-21(25-27)15-5-8-17(32-3)9-6-15)24-12-20(29)16-7-10-19(28)18(11-16)26-33(4,30)31/h5-11,14,20,24,26,28-29H,12-13H2,1-4H3. The van der Waals surface area contributed by atoms with Crippen molar-refractivity contribution in [3.63, 3.8) is 0 Å². The molecule has 0 fully saturated rings. The van der Waals surface area contributed by atoms with Crippen molar-refractivity contribution in [2.45, 2.75) is 32.0 Å². The number of hydrogen-bond donors (Lipinski definition) is 4. The number of β-amino-alcohol motifs (C(OH)–C–C–N with tert-alkyl or cyclic N) is 1. The Labute approximate surface area is 193 Å². The van der Waals surface area contributed by atoms with Crippen LogP contribution < -0.4 is 14.8 Å². The first-order valence-corrected chi connectivity index (χ1v) is 12.1. The summed E-state index contributed by atoms with van der Waals surface area (Å²) in [4.78, 5) is 4.37. The van der Waals surface area contributed by atoms with Crippen molar-refractivity contribution < 1.29 is 23.4 Å². The Kier molecular flexibility index (Phi) is 7.25. The third-order valence-corrected chi connectivity index (χ3v) is 5.51. The van der Waals surface area contributed by atoms with Gasteiger partial charge in [-0.05, 0) is 55.8 Å². The Balaban J connectivity index is 1.62. The normalized spacial score (nSPS) is 13.0. The summed E-state index contributed by atoms with van der Waals surface area (Å²) in [5.74, 6) is 1.14. The Morgan fingerprint density at radius 3 is 2.52 bits per heavy atom. The monoisotopic (exact) mass is 475 g/mol. The van der Waals surface area contributed by atoms with E-state index in [-0.39, 0.29) is 18.0 Å². The third-order valence-electron chi connectivity index (χ3n) is 4.92. The van der Waals surface area contributed by atoms with Crippen LogP contribution in [-0.2, 0) is 16.6 Å². The number of benzene rings is 2. The summed E-state index contributed by atoms with van der Waals surface area (Å²) in [5, 5.41) is 28.3. The maximum absolute atomic E-state index is 11.5. The molecular weight excluding hydrogens is 446 g/mol. The zero-order chi connectivity index (χ0) is 24.2. The molecule has 1 heterocycles. The predicted octanol–water partition coefficient (Wildman–Crippen LogP) is 2.13. The highest BCUT2D eigenvalue weighted by Gasteiger charge is 2.21. The molecule has 178 valence electrons. The number of aromatic nitrogens is 3. The fraction of sp³-hybridized carbons (Fsp3) is 0.364. The van der Waals surface area contributed by atoms with E-state index in [1.54, 1.807) is 24.2 Å². The molecule has 10 nitrogen and oxygen atoms in total. The molecule has 3 rings (SSSR count). The maximum Gasteiger partial charge on any atom is 0.229 e. The quantitative estimate of drug-likeness (QED) is 0.327. The minimum Gasteiger partial charge on any atom is -0.506 e. The van der Waals surface area contributed by atoms with Crippen LogP contribution in [0, 0.1) is 0 Å². The molecule has 0 spiro atoms. The number of nitrogens with one attached hydrogen (secondary N) is 2. The summed E-state index contributed by atoms with van der Waals surface area (Å²) in [6.07, 6.45) is 1.72. The van der Waals surface area contributed by atoms with Crippen LogP contribution in [0.25, 0.3) is 11.4 Å². The molecule has 0 aliphatic carbocycles. The molecule has 3 aromatic rings. The van der Waals surface area contributed by atoms with Crippen LogP contribution in [-0.4, -0.2) is 58.8 Å². The second kappa shape index (κ2) is 9.77. The number of rotatable bonds is 10. The number of hydrogen-bond acceptors (Lipinski definition) is 8. The zero-order valence-electron chi connectivity index (χ0n) is 19.0. The van der Waals surface area contributed by atoms with Crippen molar-refractivity contribution in [2.75, 3.05) is 24.6 Å². The molecule has 0 amide bonds. The molecule has 0 aliphatic rings.